The van der Waals surface area contributed by atoms with Crippen LogP contribution < -0.4 is 10.2 Å². The van der Waals surface area contributed by atoms with Crippen LogP contribution in [0.3, 0.4) is 0 Å². The van der Waals surface area contributed by atoms with Crippen molar-refractivity contribution < 1.29 is 0 Å². The summed E-state index contributed by atoms with van der Waals surface area (Å²) in [6.07, 6.45) is 9.08. The van der Waals surface area contributed by atoms with Crippen molar-refractivity contribution in [1.29, 1.82) is 0 Å². The van der Waals surface area contributed by atoms with E-state index in [1.54, 1.807) is 0 Å². The topological polar surface area (TPSA) is 72.6 Å². The van der Waals surface area contributed by atoms with Gasteiger partial charge in [-0.2, -0.15) is 5.10 Å². The Morgan fingerprint density at radius 2 is 1.87 bits per heavy atom. The summed E-state index contributed by atoms with van der Waals surface area (Å²) in [6.45, 7) is 4.16. The summed E-state index contributed by atoms with van der Waals surface area (Å²) in [6, 6.07) is 10.9. The number of rotatable bonds is 3. The summed E-state index contributed by atoms with van der Waals surface area (Å²) in [5, 5.41) is 13.6. The number of anilines is 1. The summed E-state index contributed by atoms with van der Waals surface area (Å²) in [5.74, 6) is 1.09. The number of fused-ring (bicyclic) bond motifs is 2. The molecule has 2 aliphatic heterocycles. The van der Waals surface area contributed by atoms with E-state index >= 15 is 0 Å². The van der Waals surface area contributed by atoms with Crippen LogP contribution >= 0.6 is 0 Å². The van der Waals surface area contributed by atoms with E-state index in [1.807, 2.05) is 6.20 Å². The predicted octanol–water partition coefficient (Wildman–Crippen LogP) is 4.47. The molecule has 0 unspecified atom stereocenters. The number of pyridine rings is 1. The number of nitrogens with one attached hydrogen (secondary N) is 3. The fourth-order valence-electron chi connectivity index (χ4n) is 4.83. The van der Waals surface area contributed by atoms with E-state index in [0.717, 1.165) is 66.2 Å². The number of H-pyrrole nitrogens is 2. The molecule has 152 valence electrons. The zero-order valence-electron chi connectivity index (χ0n) is 17.0. The van der Waals surface area contributed by atoms with Gasteiger partial charge in [-0.3, -0.25) is 5.10 Å². The lowest BCUT2D eigenvalue weighted by Gasteiger charge is -2.28. The summed E-state index contributed by atoms with van der Waals surface area (Å²) >= 11 is 0. The number of hydrogen-bond donors (Lipinski definition) is 3. The van der Waals surface area contributed by atoms with Gasteiger partial charge in [0, 0.05) is 36.6 Å². The van der Waals surface area contributed by atoms with Gasteiger partial charge in [-0.15, -0.1) is 0 Å². The highest BCUT2D eigenvalue weighted by Crippen LogP contribution is 2.34. The monoisotopic (exact) mass is 398 g/mol. The molecule has 0 spiro atoms. The fraction of sp³-hybridized carbons (Fsp3) is 0.333. The minimum absolute atomic E-state index is 0.944. The molecule has 1 saturated heterocycles. The van der Waals surface area contributed by atoms with Crippen molar-refractivity contribution in [2.45, 2.75) is 25.7 Å². The lowest BCUT2D eigenvalue weighted by Crippen LogP contribution is -2.30. The van der Waals surface area contributed by atoms with Gasteiger partial charge < -0.3 is 15.2 Å². The Bertz CT molecular complexity index is 1240. The number of piperidine rings is 1. The Hall–Kier alpha value is -3.12. The smallest absolute Gasteiger partial charge is 0.137 e. The van der Waals surface area contributed by atoms with E-state index in [-0.39, 0.29) is 0 Å². The summed E-state index contributed by atoms with van der Waals surface area (Å²) in [5.41, 5.74) is 6.90. The molecule has 0 bridgehead atoms. The van der Waals surface area contributed by atoms with Crippen LogP contribution in [0.15, 0.2) is 42.6 Å². The van der Waals surface area contributed by atoms with Crippen LogP contribution in [0.25, 0.3) is 38.8 Å². The lowest BCUT2D eigenvalue weighted by molar-refractivity contribution is 0.575. The first kappa shape index (κ1) is 17.7. The van der Waals surface area contributed by atoms with Crippen LogP contribution in [-0.4, -0.2) is 46.3 Å². The molecule has 5 heterocycles. The second kappa shape index (κ2) is 7.29. The molecule has 1 aromatic carbocycles. The largest absolute Gasteiger partial charge is 0.356 e. The molecule has 30 heavy (non-hydrogen) atoms. The van der Waals surface area contributed by atoms with Gasteiger partial charge in [-0.25, -0.2) is 4.98 Å². The molecule has 0 aliphatic carbocycles. The zero-order chi connectivity index (χ0) is 19.9. The second-order valence-corrected chi connectivity index (χ2v) is 8.34. The molecule has 2 aliphatic rings. The highest BCUT2D eigenvalue weighted by atomic mass is 15.2. The van der Waals surface area contributed by atoms with Crippen LogP contribution in [0.5, 0.6) is 0 Å². The second-order valence-electron chi connectivity index (χ2n) is 8.34. The minimum Gasteiger partial charge on any atom is -0.356 e. The average molecular weight is 399 g/mol. The van der Waals surface area contributed by atoms with Gasteiger partial charge in [0.05, 0.1) is 16.7 Å². The molecule has 0 saturated carbocycles. The van der Waals surface area contributed by atoms with E-state index < -0.39 is 0 Å². The van der Waals surface area contributed by atoms with Gasteiger partial charge in [0.1, 0.15) is 11.5 Å². The maximum atomic E-state index is 4.73. The first-order chi connectivity index (χ1) is 14.9. The van der Waals surface area contributed by atoms with Crippen molar-refractivity contribution in [3.63, 3.8) is 0 Å². The lowest BCUT2D eigenvalue weighted by atomic mass is 9.98. The zero-order valence-corrected chi connectivity index (χ0v) is 17.0. The Labute approximate surface area is 175 Å². The summed E-state index contributed by atoms with van der Waals surface area (Å²) < 4.78 is 0. The van der Waals surface area contributed by atoms with Gasteiger partial charge in [0.25, 0.3) is 0 Å². The van der Waals surface area contributed by atoms with E-state index in [1.165, 1.54) is 35.8 Å². The number of hydrogen-bond acceptors (Lipinski definition) is 4. The Balaban J connectivity index is 1.44. The van der Waals surface area contributed by atoms with Gasteiger partial charge in [0.15, 0.2) is 0 Å². The third-order valence-corrected chi connectivity index (χ3v) is 6.44. The molecule has 0 radical (unpaired) electrons. The molecule has 6 rings (SSSR count). The molecule has 0 amide bonds. The van der Waals surface area contributed by atoms with Gasteiger partial charge in [-0.1, -0.05) is 12.1 Å². The maximum absolute atomic E-state index is 4.73. The van der Waals surface area contributed by atoms with Crippen LogP contribution in [0, 0.1) is 0 Å². The molecular weight excluding hydrogens is 372 g/mol. The van der Waals surface area contributed by atoms with Crippen molar-refractivity contribution in [1.82, 2.24) is 25.5 Å². The van der Waals surface area contributed by atoms with Gasteiger partial charge in [0.2, 0.25) is 0 Å². The Morgan fingerprint density at radius 1 is 0.933 bits per heavy atom. The fourth-order valence-corrected chi connectivity index (χ4v) is 4.83. The quantitative estimate of drug-likeness (QED) is 0.476. The molecule has 4 aromatic rings. The molecular formula is C24H26N6. The number of aromatic amines is 2. The SMILES string of the molecule is C1=C(c2ccc3[nH]nc(-c4cc5c(N6CCCCC6)nccc5[nH]4)c3c2)CCNC1. The van der Waals surface area contributed by atoms with E-state index in [0.29, 0.717) is 0 Å². The standard InChI is InChI=1S/C24H26N6/c1-2-12-30(13-3-1)24-19-15-22(27-20(19)8-11-26-24)23-18-14-17(4-5-21(18)28-29-23)16-6-9-25-10-7-16/h4-6,8,11,14-15,25,27H,1-3,7,9-10,12-13H2,(H,28,29). The molecule has 3 aromatic heterocycles. The predicted molar refractivity (Wildman–Crippen MR) is 123 cm³/mol. The van der Waals surface area contributed by atoms with Crippen molar-refractivity contribution in [2.24, 2.45) is 0 Å². The van der Waals surface area contributed by atoms with Crippen LogP contribution in [0.1, 0.15) is 31.2 Å². The minimum atomic E-state index is 0.944. The number of benzene rings is 1. The van der Waals surface area contributed by atoms with Crippen LogP contribution in [-0.2, 0) is 0 Å². The summed E-state index contributed by atoms with van der Waals surface area (Å²) in [7, 11) is 0. The van der Waals surface area contributed by atoms with E-state index in [2.05, 4.69) is 61.8 Å². The summed E-state index contributed by atoms with van der Waals surface area (Å²) in [4.78, 5) is 10.7. The Morgan fingerprint density at radius 3 is 2.73 bits per heavy atom. The molecule has 1 fully saturated rings. The molecule has 0 atom stereocenters. The molecule has 3 N–H and O–H groups in total. The van der Waals surface area contributed by atoms with Gasteiger partial charge in [-0.05, 0) is 67.6 Å². The van der Waals surface area contributed by atoms with Crippen molar-refractivity contribution in [2.75, 3.05) is 31.1 Å². The first-order valence-electron chi connectivity index (χ1n) is 11.0. The van der Waals surface area contributed by atoms with Crippen molar-refractivity contribution in [3.05, 3.63) is 48.2 Å². The van der Waals surface area contributed by atoms with Crippen molar-refractivity contribution >= 4 is 33.2 Å². The van der Waals surface area contributed by atoms with E-state index in [9.17, 15) is 0 Å². The third-order valence-electron chi connectivity index (χ3n) is 6.44. The number of nitrogens with zero attached hydrogens (tertiary/aromatic N) is 3. The number of aromatic nitrogens is 4. The average Bonchev–Trinajstić information content (AvgIpc) is 3.43. The molecule has 6 heteroatoms. The Kier molecular flexibility index (Phi) is 4.30. The van der Waals surface area contributed by atoms with Crippen LogP contribution in [0.4, 0.5) is 5.82 Å². The van der Waals surface area contributed by atoms with Gasteiger partial charge >= 0.3 is 0 Å². The highest BCUT2D eigenvalue weighted by Gasteiger charge is 2.18. The van der Waals surface area contributed by atoms with E-state index in [4.69, 9.17) is 4.98 Å². The van der Waals surface area contributed by atoms with Crippen LogP contribution in [0.2, 0.25) is 0 Å². The first-order valence-corrected chi connectivity index (χ1v) is 11.0. The highest BCUT2D eigenvalue weighted by molar-refractivity contribution is 5.99. The van der Waals surface area contributed by atoms with Crippen molar-refractivity contribution in [3.8, 4) is 11.4 Å². The maximum Gasteiger partial charge on any atom is 0.137 e. The third kappa shape index (κ3) is 2.99. The normalized spacial score (nSPS) is 17.6. The molecule has 6 nitrogen and oxygen atoms in total.